The van der Waals surface area contributed by atoms with Crippen LogP contribution in [0.15, 0.2) is 48.9 Å². The fraction of sp³-hybridized carbons (Fsp3) is 0.150. The number of methoxy groups -OCH3 is 1. The van der Waals surface area contributed by atoms with Gasteiger partial charge in [0.15, 0.2) is 0 Å². The standard InChI is InChI=1S/C20H16ClFN4O/c1-27-20-13(8-15(22)11-25-20)9-16-5-4-12(18(21)26-16)7-14-10-24-19-17(14)3-2-6-23-19/h2-6,8,10-11H,7,9H2,1H3,(H,23,24). The van der Waals surface area contributed by atoms with Crippen molar-refractivity contribution in [2.45, 2.75) is 12.8 Å². The molecule has 136 valence electrons. The van der Waals surface area contributed by atoms with Gasteiger partial charge in [-0.05, 0) is 35.4 Å². The summed E-state index contributed by atoms with van der Waals surface area (Å²) in [7, 11) is 1.50. The highest BCUT2D eigenvalue weighted by Crippen LogP contribution is 2.25. The topological polar surface area (TPSA) is 63.7 Å². The first kappa shape index (κ1) is 17.4. The molecule has 0 spiro atoms. The maximum atomic E-state index is 13.5. The van der Waals surface area contributed by atoms with E-state index in [4.69, 9.17) is 16.3 Å². The molecule has 1 N–H and O–H groups in total. The molecule has 27 heavy (non-hydrogen) atoms. The Kier molecular flexibility index (Phi) is 4.73. The first-order valence-electron chi connectivity index (χ1n) is 8.37. The van der Waals surface area contributed by atoms with E-state index in [1.165, 1.54) is 13.2 Å². The van der Waals surface area contributed by atoms with Crippen LogP contribution in [0.4, 0.5) is 4.39 Å². The average Bonchev–Trinajstić information content (AvgIpc) is 3.07. The SMILES string of the molecule is COc1ncc(F)cc1Cc1ccc(Cc2c[nH]c3ncccc23)c(Cl)n1. The van der Waals surface area contributed by atoms with Gasteiger partial charge in [0, 0.05) is 41.9 Å². The monoisotopic (exact) mass is 382 g/mol. The molecule has 0 atom stereocenters. The third-order valence-corrected chi connectivity index (χ3v) is 4.69. The van der Waals surface area contributed by atoms with Crippen LogP contribution in [0.1, 0.15) is 22.4 Å². The number of nitrogens with one attached hydrogen (secondary N) is 1. The summed E-state index contributed by atoms with van der Waals surface area (Å²) in [5.74, 6) is -0.0360. The molecule has 0 bridgehead atoms. The summed E-state index contributed by atoms with van der Waals surface area (Å²) in [4.78, 5) is 15.9. The van der Waals surface area contributed by atoms with Gasteiger partial charge in [-0.25, -0.2) is 19.3 Å². The lowest BCUT2D eigenvalue weighted by molar-refractivity contribution is 0.391. The molecule has 4 aromatic heterocycles. The first-order chi connectivity index (χ1) is 13.1. The minimum Gasteiger partial charge on any atom is -0.481 e. The maximum Gasteiger partial charge on any atom is 0.216 e. The number of aromatic amines is 1. The molecule has 4 heterocycles. The summed E-state index contributed by atoms with van der Waals surface area (Å²) < 4.78 is 18.7. The minimum atomic E-state index is -0.415. The zero-order valence-electron chi connectivity index (χ0n) is 14.5. The van der Waals surface area contributed by atoms with E-state index in [-0.39, 0.29) is 0 Å². The van der Waals surface area contributed by atoms with Crippen molar-refractivity contribution in [1.29, 1.82) is 0 Å². The normalized spacial score (nSPS) is 11.1. The summed E-state index contributed by atoms with van der Waals surface area (Å²) in [6, 6.07) is 9.15. The van der Waals surface area contributed by atoms with Gasteiger partial charge in [0.05, 0.1) is 13.3 Å². The van der Waals surface area contributed by atoms with Gasteiger partial charge < -0.3 is 9.72 Å². The third kappa shape index (κ3) is 3.61. The minimum absolute atomic E-state index is 0.379. The first-order valence-corrected chi connectivity index (χ1v) is 8.75. The van der Waals surface area contributed by atoms with Crippen molar-refractivity contribution in [2.75, 3.05) is 7.11 Å². The number of H-pyrrole nitrogens is 1. The molecule has 7 heteroatoms. The second-order valence-corrected chi connectivity index (χ2v) is 6.50. The molecule has 0 saturated heterocycles. The molecule has 0 aliphatic carbocycles. The van der Waals surface area contributed by atoms with E-state index in [9.17, 15) is 4.39 Å². The molecule has 4 rings (SSSR count). The van der Waals surface area contributed by atoms with Gasteiger partial charge in [-0.2, -0.15) is 0 Å². The lowest BCUT2D eigenvalue weighted by Gasteiger charge is -2.09. The number of aromatic nitrogens is 4. The largest absolute Gasteiger partial charge is 0.481 e. The van der Waals surface area contributed by atoms with Crippen molar-refractivity contribution in [2.24, 2.45) is 0 Å². The number of fused-ring (bicyclic) bond motifs is 1. The smallest absolute Gasteiger partial charge is 0.216 e. The molecule has 0 aliphatic rings. The molecule has 0 saturated carbocycles. The molecular weight excluding hydrogens is 367 g/mol. The molecular formula is C20H16ClFN4O. The van der Waals surface area contributed by atoms with Crippen molar-refractivity contribution in [3.63, 3.8) is 0 Å². The van der Waals surface area contributed by atoms with Gasteiger partial charge in [0.2, 0.25) is 5.88 Å². The number of hydrogen-bond acceptors (Lipinski definition) is 4. The van der Waals surface area contributed by atoms with Gasteiger partial charge in [0.1, 0.15) is 16.6 Å². The Morgan fingerprint density at radius 3 is 2.81 bits per heavy atom. The molecule has 0 aliphatic heterocycles. The van der Waals surface area contributed by atoms with E-state index in [0.717, 1.165) is 34.1 Å². The van der Waals surface area contributed by atoms with E-state index in [1.54, 1.807) is 6.20 Å². The molecule has 4 aromatic rings. The number of rotatable bonds is 5. The summed E-state index contributed by atoms with van der Waals surface area (Å²) >= 11 is 6.41. The lowest BCUT2D eigenvalue weighted by atomic mass is 10.1. The molecule has 0 fully saturated rings. The Bertz CT molecular complexity index is 1110. The van der Waals surface area contributed by atoms with Gasteiger partial charge >= 0.3 is 0 Å². The van der Waals surface area contributed by atoms with Crippen LogP contribution in [-0.4, -0.2) is 27.0 Å². The Morgan fingerprint density at radius 1 is 1.11 bits per heavy atom. The molecule has 0 radical (unpaired) electrons. The fourth-order valence-corrected chi connectivity index (χ4v) is 3.31. The highest BCUT2D eigenvalue weighted by molar-refractivity contribution is 6.30. The maximum absolute atomic E-state index is 13.5. The van der Waals surface area contributed by atoms with Gasteiger partial charge in [-0.15, -0.1) is 0 Å². The predicted molar refractivity (Wildman–Crippen MR) is 102 cm³/mol. The van der Waals surface area contributed by atoms with Crippen LogP contribution in [0, 0.1) is 5.82 Å². The summed E-state index contributed by atoms with van der Waals surface area (Å²) in [5, 5.41) is 1.49. The predicted octanol–water partition coefficient (Wildman–Crippen LogP) is 4.34. The lowest BCUT2D eigenvalue weighted by Crippen LogP contribution is -2.01. The highest BCUT2D eigenvalue weighted by Gasteiger charge is 2.12. The Morgan fingerprint density at radius 2 is 2.00 bits per heavy atom. The van der Waals surface area contributed by atoms with E-state index in [2.05, 4.69) is 19.9 Å². The molecule has 5 nitrogen and oxygen atoms in total. The number of halogens is 2. The zero-order chi connectivity index (χ0) is 18.8. The van der Waals surface area contributed by atoms with Crippen LogP contribution in [0.25, 0.3) is 11.0 Å². The zero-order valence-corrected chi connectivity index (χ0v) is 15.3. The van der Waals surface area contributed by atoms with Gasteiger partial charge in [0.25, 0.3) is 0 Å². The van der Waals surface area contributed by atoms with Crippen molar-refractivity contribution >= 4 is 22.6 Å². The van der Waals surface area contributed by atoms with E-state index in [0.29, 0.717) is 29.4 Å². The van der Waals surface area contributed by atoms with Crippen molar-refractivity contribution in [1.82, 2.24) is 19.9 Å². The Labute approximate surface area is 160 Å². The second-order valence-electron chi connectivity index (χ2n) is 6.14. The highest BCUT2D eigenvalue weighted by atomic mass is 35.5. The van der Waals surface area contributed by atoms with Crippen LogP contribution >= 0.6 is 11.6 Å². The number of ether oxygens (including phenoxy) is 1. The van der Waals surface area contributed by atoms with E-state index < -0.39 is 5.82 Å². The van der Waals surface area contributed by atoms with Crippen LogP contribution in [0.2, 0.25) is 5.15 Å². The van der Waals surface area contributed by atoms with Crippen molar-refractivity contribution in [3.8, 4) is 5.88 Å². The van der Waals surface area contributed by atoms with E-state index >= 15 is 0 Å². The molecule has 0 amide bonds. The number of nitrogens with zero attached hydrogens (tertiary/aromatic N) is 3. The van der Waals surface area contributed by atoms with Crippen molar-refractivity contribution in [3.05, 3.63) is 82.3 Å². The molecule has 0 aromatic carbocycles. The number of hydrogen-bond donors (Lipinski definition) is 1. The fourth-order valence-electron chi connectivity index (χ4n) is 3.07. The van der Waals surface area contributed by atoms with Crippen LogP contribution in [-0.2, 0) is 12.8 Å². The molecule has 0 unspecified atom stereocenters. The summed E-state index contributed by atoms with van der Waals surface area (Å²) in [6.45, 7) is 0. The average molecular weight is 383 g/mol. The van der Waals surface area contributed by atoms with Gasteiger partial charge in [-0.3, -0.25) is 0 Å². The summed E-state index contributed by atoms with van der Waals surface area (Å²) in [5.41, 5.74) is 4.20. The summed E-state index contributed by atoms with van der Waals surface area (Å²) in [6.07, 6.45) is 5.84. The quantitative estimate of drug-likeness (QED) is 0.522. The van der Waals surface area contributed by atoms with Crippen LogP contribution in [0.3, 0.4) is 0 Å². The van der Waals surface area contributed by atoms with Gasteiger partial charge in [-0.1, -0.05) is 17.7 Å². The Balaban J connectivity index is 1.59. The van der Waals surface area contributed by atoms with Crippen LogP contribution in [0.5, 0.6) is 5.88 Å². The Hall–Kier alpha value is -2.99. The van der Waals surface area contributed by atoms with Crippen LogP contribution < -0.4 is 4.74 Å². The van der Waals surface area contributed by atoms with Crippen molar-refractivity contribution < 1.29 is 9.13 Å². The number of pyridine rings is 3. The second kappa shape index (κ2) is 7.32. The van der Waals surface area contributed by atoms with E-state index in [1.807, 2.05) is 30.5 Å². The third-order valence-electron chi connectivity index (χ3n) is 4.36.